The Bertz CT molecular complexity index is 859. The van der Waals surface area contributed by atoms with E-state index in [4.69, 9.17) is 11.6 Å². The molecule has 0 unspecified atom stereocenters. The Balaban J connectivity index is 1.83. The lowest BCUT2D eigenvalue weighted by Gasteiger charge is -2.07. The van der Waals surface area contributed by atoms with E-state index < -0.39 is 0 Å². The summed E-state index contributed by atoms with van der Waals surface area (Å²) in [6, 6.07) is 12.2. The van der Waals surface area contributed by atoms with Crippen LogP contribution in [0.5, 0.6) is 0 Å². The Labute approximate surface area is 136 Å². The second kappa shape index (κ2) is 6.07. The number of rotatable bonds is 3. The zero-order valence-corrected chi connectivity index (χ0v) is 13.4. The number of fused-ring (bicyclic) bond motifs is 1. The van der Waals surface area contributed by atoms with Crippen molar-refractivity contribution in [1.82, 2.24) is 5.32 Å². The first-order valence-electron chi connectivity index (χ1n) is 6.76. The molecule has 5 heteroatoms. The van der Waals surface area contributed by atoms with Crippen LogP contribution in [-0.2, 0) is 6.54 Å². The summed E-state index contributed by atoms with van der Waals surface area (Å²) in [7, 11) is 0. The monoisotopic (exact) mass is 333 g/mol. The van der Waals surface area contributed by atoms with Gasteiger partial charge in [-0.3, -0.25) is 4.79 Å². The first-order valence-corrected chi connectivity index (χ1v) is 7.96. The zero-order valence-electron chi connectivity index (χ0n) is 11.8. The van der Waals surface area contributed by atoms with Crippen molar-refractivity contribution in [2.75, 3.05) is 0 Å². The molecule has 0 bridgehead atoms. The van der Waals surface area contributed by atoms with Gasteiger partial charge in [0.2, 0.25) is 0 Å². The molecule has 0 aliphatic heterocycles. The van der Waals surface area contributed by atoms with E-state index >= 15 is 0 Å². The van der Waals surface area contributed by atoms with Crippen molar-refractivity contribution >= 4 is 38.9 Å². The van der Waals surface area contributed by atoms with Gasteiger partial charge in [-0.05, 0) is 36.2 Å². The molecule has 2 nitrogen and oxygen atoms in total. The lowest BCUT2D eigenvalue weighted by Crippen LogP contribution is -2.22. The van der Waals surface area contributed by atoms with Gasteiger partial charge in [-0.15, -0.1) is 11.3 Å². The Morgan fingerprint density at radius 3 is 2.82 bits per heavy atom. The third-order valence-electron chi connectivity index (χ3n) is 3.50. The lowest BCUT2D eigenvalue weighted by molar-refractivity contribution is 0.0955. The molecule has 2 aromatic carbocycles. The highest BCUT2D eigenvalue weighted by Crippen LogP contribution is 2.35. The van der Waals surface area contributed by atoms with Crippen molar-refractivity contribution in [2.45, 2.75) is 13.5 Å². The van der Waals surface area contributed by atoms with Crippen LogP contribution in [0.4, 0.5) is 4.39 Å². The van der Waals surface area contributed by atoms with Gasteiger partial charge in [0, 0.05) is 16.6 Å². The molecule has 0 radical (unpaired) electrons. The maximum Gasteiger partial charge on any atom is 0.263 e. The average molecular weight is 334 g/mol. The smallest absolute Gasteiger partial charge is 0.263 e. The quantitative estimate of drug-likeness (QED) is 0.723. The molecule has 0 aliphatic carbocycles. The van der Waals surface area contributed by atoms with Gasteiger partial charge in [0.15, 0.2) is 0 Å². The molecule has 1 N–H and O–H groups in total. The molecule has 0 saturated heterocycles. The molecule has 3 aromatic rings. The van der Waals surface area contributed by atoms with Crippen LogP contribution < -0.4 is 5.32 Å². The fourth-order valence-corrected chi connectivity index (χ4v) is 3.71. The van der Waals surface area contributed by atoms with Gasteiger partial charge in [0.05, 0.1) is 5.02 Å². The highest BCUT2D eigenvalue weighted by Gasteiger charge is 2.17. The third-order valence-corrected chi connectivity index (χ3v) is 5.15. The van der Waals surface area contributed by atoms with Gasteiger partial charge in [-0.2, -0.15) is 0 Å². The maximum atomic E-state index is 13.3. The molecule has 0 spiro atoms. The number of amides is 1. The van der Waals surface area contributed by atoms with Crippen LogP contribution in [0.15, 0.2) is 42.5 Å². The number of hydrogen-bond acceptors (Lipinski definition) is 2. The summed E-state index contributed by atoms with van der Waals surface area (Å²) in [5, 5.41) is 3.95. The van der Waals surface area contributed by atoms with Crippen molar-refractivity contribution in [3.63, 3.8) is 0 Å². The molecule has 1 heterocycles. The molecule has 112 valence electrons. The normalized spacial score (nSPS) is 10.9. The van der Waals surface area contributed by atoms with E-state index in [1.165, 1.54) is 23.5 Å². The van der Waals surface area contributed by atoms with Crippen molar-refractivity contribution in [3.8, 4) is 0 Å². The number of thiophene rings is 1. The summed E-state index contributed by atoms with van der Waals surface area (Å²) >= 11 is 7.45. The van der Waals surface area contributed by atoms with Crippen LogP contribution in [0.25, 0.3) is 10.1 Å². The highest BCUT2D eigenvalue weighted by atomic mass is 35.5. The fraction of sp³-hybridized carbons (Fsp3) is 0.118. The van der Waals surface area contributed by atoms with Gasteiger partial charge in [0.25, 0.3) is 5.91 Å². The van der Waals surface area contributed by atoms with E-state index in [0.29, 0.717) is 26.5 Å². The van der Waals surface area contributed by atoms with Crippen LogP contribution in [0.1, 0.15) is 20.8 Å². The summed E-state index contributed by atoms with van der Waals surface area (Å²) in [5.74, 6) is -0.577. The van der Waals surface area contributed by atoms with Gasteiger partial charge >= 0.3 is 0 Å². The topological polar surface area (TPSA) is 29.1 Å². The number of nitrogens with one attached hydrogen (secondary N) is 1. The van der Waals surface area contributed by atoms with Gasteiger partial charge in [-0.1, -0.05) is 35.9 Å². The number of hydrogen-bond donors (Lipinski definition) is 1. The first-order chi connectivity index (χ1) is 10.6. The average Bonchev–Trinajstić information content (AvgIpc) is 2.82. The Hall–Kier alpha value is -1.91. The lowest BCUT2D eigenvalue weighted by atomic mass is 10.1. The van der Waals surface area contributed by atoms with E-state index in [1.54, 1.807) is 6.07 Å². The largest absolute Gasteiger partial charge is 0.347 e. The standard InChI is InChI=1S/C17H13ClFNOS/c1-10-4-2-3-5-11(10)9-20-17(21)16-15(18)13-7-6-12(19)8-14(13)22-16/h2-8H,9H2,1H3,(H,20,21). The molecular weight excluding hydrogens is 321 g/mol. The van der Waals surface area contributed by atoms with Gasteiger partial charge in [0.1, 0.15) is 10.7 Å². The molecular formula is C17H13ClFNOS. The summed E-state index contributed by atoms with van der Waals surface area (Å²) in [6.45, 7) is 2.43. The molecule has 1 aromatic heterocycles. The first kappa shape index (κ1) is 15.0. The molecule has 0 fully saturated rings. The summed E-state index contributed by atoms with van der Waals surface area (Å²) in [6.07, 6.45) is 0. The number of aryl methyl sites for hydroxylation is 1. The minimum Gasteiger partial charge on any atom is -0.347 e. The predicted molar refractivity (Wildman–Crippen MR) is 89.1 cm³/mol. The van der Waals surface area contributed by atoms with E-state index in [1.807, 2.05) is 31.2 Å². The van der Waals surface area contributed by atoms with Crippen LogP contribution in [0, 0.1) is 12.7 Å². The minimum absolute atomic E-state index is 0.241. The molecule has 0 saturated carbocycles. The second-order valence-corrected chi connectivity index (χ2v) is 6.42. The molecule has 1 amide bonds. The maximum absolute atomic E-state index is 13.3. The molecule has 3 rings (SSSR count). The Morgan fingerprint density at radius 1 is 1.27 bits per heavy atom. The Kier molecular flexibility index (Phi) is 4.14. The van der Waals surface area contributed by atoms with E-state index in [2.05, 4.69) is 5.32 Å². The summed E-state index contributed by atoms with van der Waals surface area (Å²) < 4.78 is 13.9. The number of halogens is 2. The zero-order chi connectivity index (χ0) is 15.7. The van der Waals surface area contributed by atoms with Crippen LogP contribution >= 0.6 is 22.9 Å². The Morgan fingerprint density at radius 2 is 2.05 bits per heavy atom. The minimum atomic E-state index is -0.336. The van der Waals surface area contributed by atoms with E-state index in [0.717, 1.165) is 11.1 Å². The van der Waals surface area contributed by atoms with Crippen molar-refractivity contribution in [2.24, 2.45) is 0 Å². The van der Waals surface area contributed by atoms with Gasteiger partial charge < -0.3 is 5.32 Å². The molecule has 0 aliphatic rings. The number of benzene rings is 2. The second-order valence-electron chi connectivity index (χ2n) is 4.99. The number of carbonyl (C=O) groups is 1. The highest BCUT2D eigenvalue weighted by molar-refractivity contribution is 7.21. The third kappa shape index (κ3) is 2.85. The van der Waals surface area contributed by atoms with Gasteiger partial charge in [-0.25, -0.2) is 4.39 Å². The molecule has 22 heavy (non-hydrogen) atoms. The number of carbonyl (C=O) groups excluding carboxylic acids is 1. The van der Waals surface area contributed by atoms with Crippen LogP contribution in [0.2, 0.25) is 5.02 Å². The van der Waals surface area contributed by atoms with E-state index in [-0.39, 0.29) is 11.7 Å². The molecule has 0 atom stereocenters. The summed E-state index contributed by atoms with van der Waals surface area (Å²) in [4.78, 5) is 12.7. The van der Waals surface area contributed by atoms with Crippen LogP contribution in [-0.4, -0.2) is 5.91 Å². The van der Waals surface area contributed by atoms with E-state index in [9.17, 15) is 9.18 Å². The van der Waals surface area contributed by atoms with Crippen molar-refractivity contribution in [3.05, 3.63) is 69.3 Å². The van der Waals surface area contributed by atoms with Crippen molar-refractivity contribution in [1.29, 1.82) is 0 Å². The van der Waals surface area contributed by atoms with Crippen LogP contribution in [0.3, 0.4) is 0 Å². The summed E-state index contributed by atoms with van der Waals surface area (Å²) in [5.41, 5.74) is 2.17. The SMILES string of the molecule is Cc1ccccc1CNC(=O)c1sc2cc(F)ccc2c1Cl. The van der Waals surface area contributed by atoms with Crippen molar-refractivity contribution < 1.29 is 9.18 Å². The predicted octanol–water partition coefficient (Wildman–Crippen LogP) is 4.93. The fourth-order valence-electron chi connectivity index (χ4n) is 2.25.